The van der Waals surface area contributed by atoms with Gasteiger partial charge in [0.15, 0.2) is 5.78 Å². The van der Waals surface area contributed by atoms with Gasteiger partial charge in [-0.05, 0) is 73.3 Å². The van der Waals surface area contributed by atoms with Crippen molar-refractivity contribution in [3.05, 3.63) is 65.7 Å². The van der Waals surface area contributed by atoms with Gasteiger partial charge in [-0.2, -0.15) is 0 Å². The van der Waals surface area contributed by atoms with Gasteiger partial charge in [-0.1, -0.05) is 96.8 Å². The van der Waals surface area contributed by atoms with Crippen LogP contribution in [0.3, 0.4) is 0 Å². The van der Waals surface area contributed by atoms with E-state index in [2.05, 4.69) is 64.6 Å². The zero-order chi connectivity index (χ0) is 25.1. The Labute approximate surface area is 214 Å². The van der Waals surface area contributed by atoms with Crippen LogP contribution in [0.1, 0.15) is 96.0 Å². The van der Waals surface area contributed by atoms with Gasteiger partial charge in [0.2, 0.25) is 0 Å². The summed E-state index contributed by atoms with van der Waals surface area (Å²) in [5.74, 6) is 4.23. The van der Waals surface area contributed by atoms with Gasteiger partial charge in [0.05, 0.1) is 0 Å². The molecule has 2 aromatic carbocycles. The fourth-order valence-corrected chi connectivity index (χ4v) is 7.18. The number of hydrogen-bond donors (Lipinski definition) is 0. The molecule has 0 aromatic heterocycles. The van der Waals surface area contributed by atoms with E-state index >= 15 is 0 Å². The summed E-state index contributed by atoms with van der Waals surface area (Å²) >= 11 is 0. The molecule has 2 nitrogen and oxygen atoms in total. The van der Waals surface area contributed by atoms with Crippen LogP contribution in [0.15, 0.2) is 54.6 Å². The zero-order valence-electron chi connectivity index (χ0n) is 22.9. The standard InChI is InChI=1S/C33H47NO/c1-22(2)27-18-16-24(5)20-31(27)34(32-21-25(6)17-19-28(32)23(3)4)30-15-11-10-14-29(30)33(35)26-12-8-7-9-13-26/h7-15,22-25,27-28,31-32H,16-21H2,1-6H3. The molecule has 2 heteroatoms. The second kappa shape index (κ2) is 11.3. The molecule has 2 fully saturated rings. The molecule has 0 spiro atoms. The highest BCUT2D eigenvalue weighted by atomic mass is 16.1. The van der Waals surface area contributed by atoms with Crippen LogP contribution in [0, 0.1) is 35.5 Å². The van der Waals surface area contributed by atoms with Crippen molar-refractivity contribution in [1.82, 2.24) is 0 Å². The zero-order valence-corrected chi connectivity index (χ0v) is 22.9. The van der Waals surface area contributed by atoms with Crippen molar-refractivity contribution in [2.75, 3.05) is 4.90 Å². The number of rotatable bonds is 7. The molecular formula is C33H47NO. The molecular weight excluding hydrogens is 426 g/mol. The SMILES string of the molecule is CC1CCC(C(C)C)C(N(c2ccccc2C(=O)c2ccccc2)C2CC(C)CCC2C(C)C)C1. The number of para-hydroxylation sites is 1. The Hall–Kier alpha value is -2.09. The molecule has 0 N–H and O–H groups in total. The summed E-state index contributed by atoms with van der Waals surface area (Å²) in [6, 6.07) is 19.4. The number of carbonyl (C=O) groups is 1. The average Bonchev–Trinajstić information content (AvgIpc) is 2.84. The predicted octanol–water partition coefficient (Wildman–Crippen LogP) is 8.65. The van der Waals surface area contributed by atoms with E-state index in [0.717, 1.165) is 23.0 Å². The first-order valence-corrected chi connectivity index (χ1v) is 14.2. The van der Waals surface area contributed by atoms with Gasteiger partial charge < -0.3 is 4.90 Å². The summed E-state index contributed by atoms with van der Waals surface area (Å²) in [6.07, 6.45) is 7.70. The number of hydrogen-bond acceptors (Lipinski definition) is 2. The quantitative estimate of drug-likeness (QED) is 0.375. The Morgan fingerprint density at radius 1 is 0.714 bits per heavy atom. The fourth-order valence-electron chi connectivity index (χ4n) is 7.18. The van der Waals surface area contributed by atoms with Gasteiger partial charge in [0, 0.05) is 28.9 Å². The normalized spacial score (nSPS) is 29.4. The van der Waals surface area contributed by atoms with Gasteiger partial charge in [-0.25, -0.2) is 0 Å². The van der Waals surface area contributed by atoms with Gasteiger partial charge in [-0.3, -0.25) is 4.79 Å². The lowest BCUT2D eigenvalue weighted by atomic mass is 9.69. The van der Waals surface area contributed by atoms with E-state index in [-0.39, 0.29) is 5.78 Å². The maximum atomic E-state index is 13.9. The summed E-state index contributed by atoms with van der Waals surface area (Å²) in [6.45, 7) is 14.5. The van der Waals surface area contributed by atoms with E-state index in [0.29, 0.717) is 35.8 Å². The van der Waals surface area contributed by atoms with Crippen LogP contribution in [-0.4, -0.2) is 17.9 Å². The lowest BCUT2D eigenvalue weighted by Crippen LogP contribution is -2.55. The third-order valence-corrected chi connectivity index (χ3v) is 9.15. The van der Waals surface area contributed by atoms with E-state index in [4.69, 9.17) is 0 Å². The molecule has 6 atom stereocenters. The molecule has 0 saturated heterocycles. The molecule has 2 aliphatic carbocycles. The molecule has 35 heavy (non-hydrogen) atoms. The largest absolute Gasteiger partial charge is 0.364 e. The van der Waals surface area contributed by atoms with Crippen molar-refractivity contribution in [2.24, 2.45) is 35.5 Å². The van der Waals surface area contributed by atoms with Crippen LogP contribution in [0.2, 0.25) is 0 Å². The monoisotopic (exact) mass is 473 g/mol. The highest BCUT2D eigenvalue weighted by Gasteiger charge is 2.43. The van der Waals surface area contributed by atoms with Crippen molar-refractivity contribution in [3.8, 4) is 0 Å². The minimum atomic E-state index is 0.154. The van der Waals surface area contributed by atoms with Crippen molar-refractivity contribution >= 4 is 11.5 Å². The summed E-state index contributed by atoms with van der Waals surface area (Å²) in [5.41, 5.74) is 2.84. The summed E-state index contributed by atoms with van der Waals surface area (Å²) in [7, 11) is 0. The third kappa shape index (κ3) is 5.68. The fraction of sp³-hybridized carbons (Fsp3) is 0.606. The van der Waals surface area contributed by atoms with Crippen LogP contribution in [0.25, 0.3) is 0 Å². The number of anilines is 1. The number of benzene rings is 2. The van der Waals surface area contributed by atoms with E-state index in [1.807, 2.05) is 36.4 Å². The van der Waals surface area contributed by atoms with Crippen LogP contribution >= 0.6 is 0 Å². The van der Waals surface area contributed by atoms with Crippen molar-refractivity contribution in [3.63, 3.8) is 0 Å². The topological polar surface area (TPSA) is 20.3 Å². The van der Waals surface area contributed by atoms with Gasteiger partial charge >= 0.3 is 0 Å². The van der Waals surface area contributed by atoms with Crippen LogP contribution < -0.4 is 4.90 Å². The smallest absolute Gasteiger partial charge is 0.195 e. The van der Waals surface area contributed by atoms with Crippen molar-refractivity contribution in [1.29, 1.82) is 0 Å². The number of nitrogens with zero attached hydrogens (tertiary/aromatic N) is 1. The minimum absolute atomic E-state index is 0.154. The maximum Gasteiger partial charge on any atom is 0.195 e. The van der Waals surface area contributed by atoms with Gasteiger partial charge in [-0.15, -0.1) is 0 Å². The predicted molar refractivity (Wildman–Crippen MR) is 149 cm³/mol. The van der Waals surface area contributed by atoms with Crippen LogP contribution in [-0.2, 0) is 0 Å². The second-order valence-electron chi connectivity index (χ2n) is 12.4. The Balaban J connectivity index is 1.86. The molecule has 0 heterocycles. The van der Waals surface area contributed by atoms with E-state index < -0.39 is 0 Å². The maximum absolute atomic E-state index is 13.9. The Kier molecular flexibility index (Phi) is 8.40. The molecule has 0 amide bonds. The molecule has 0 radical (unpaired) electrons. The Morgan fingerprint density at radius 2 is 1.20 bits per heavy atom. The Bertz CT molecular complexity index is 932. The van der Waals surface area contributed by atoms with E-state index in [1.165, 1.54) is 44.2 Å². The Morgan fingerprint density at radius 3 is 1.71 bits per heavy atom. The molecule has 2 aliphatic rings. The van der Waals surface area contributed by atoms with Gasteiger partial charge in [0.1, 0.15) is 0 Å². The first kappa shape index (κ1) is 26.0. The molecule has 0 aliphatic heterocycles. The summed E-state index contributed by atoms with van der Waals surface area (Å²) in [4.78, 5) is 16.7. The van der Waals surface area contributed by atoms with E-state index in [1.54, 1.807) is 0 Å². The third-order valence-electron chi connectivity index (χ3n) is 9.15. The second-order valence-corrected chi connectivity index (χ2v) is 12.4. The molecule has 4 rings (SSSR count). The summed E-state index contributed by atoms with van der Waals surface area (Å²) in [5, 5.41) is 0. The van der Waals surface area contributed by atoms with Crippen LogP contribution in [0.4, 0.5) is 5.69 Å². The van der Waals surface area contributed by atoms with E-state index in [9.17, 15) is 4.79 Å². The molecule has 6 unspecified atom stereocenters. The molecule has 0 bridgehead atoms. The first-order valence-electron chi connectivity index (χ1n) is 14.2. The number of carbonyl (C=O) groups excluding carboxylic acids is 1. The van der Waals surface area contributed by atoms with Gasteiger partial charge in [0.25, 0.3) is 0 Å². The lowest BCUT2D eigenvalue weighted by molar-refractivity contribution is 0.103. The lowest BCUT2D eigenvalue weighted by Gasteiger charge is -2.53. The number of ketones is 1. The first-order chi connectivity index (χ1) is 16.8. The van der Waals surface area contributed by atoms with Crippen molar-refractivity contribution in [2.45, 2.75) is 92.2 Å². The minimum Gasteiger partial charge on any atom is -0.364 e. The highest BCUT2D eigenvalue weighted by molar-refractivity contribution is 6.12. The molecule has 2 saturated carbocycles. The summed E-state index contributed by atoms with van der Waals surface area (Å²) < 4.78 is 0. The highest BCUT2D eigenvalue weighted by Crippen LogP contribution is 2.45. The average molecular weight is 474 g/mol. The van der Waals surface area contributed by atoms with Crippen LogP contribution in [0.5, 0.6) is 0 Å². The van der Waals surface area contributed by atoms with Crippen molar-refractivity contribution < 1.29 is 4.79 Å². The molecule has 2 aromatic rings. The molecule has 190 valence electrons.